The van der Waals surface area contributed by atoms with Crippen molar-refractivity contribution < 1.29 is 19.1 Å². The molecule has 132 valence electrons. The van der Waals surface area contributed by atoms with E-state index in [-0.39, 0.29) is 18.4 Å². The third kappa shape index (κ3) is 5.30. The molecule has 0 aliphatic rings. The van der Waals surface area contributed by atoms with E-state index in [0.717, 1.165) is 5.56 Å². The summed E-state index contributed by atoms with van der Waals surface area (Å²) in [5, 5.41) is 0. The van der Waals surface area contributed by atoms with Gasteiger partial charge in [0.1, 0.15) is 11.5 Å². The molecule has 1 rings (SSSR count). The number of likely N-dealkylation sites (N-methyl/N-ethyl adjacent to an activating group) is 2. The topological polar surface area (TPSA) is 59.1 Å². The highest BCUT2D eigenvalue weighted by Gasteiger charge is 2.15. The van der Waals surface area contributed by atoms with Gasteiger partial charge in [-0.1, -0.05) is 0 Å². The summed E-state index contributed by atoms with van der Waals surface area (Å²) in [5.74, 6) is 0.998. The molecule has 0 unspecified atom stereocenters. The molecule has 24 heavy (non-hydrogen) atoms. The van der Waals surface area contributed by atoms with Crippen LogP contribution < -0.4 is 9.47 Å². The summed E-state index contributed by atoms with van der Waals surface area (Å²) >= 11 is 0. The highest BCUT2D eigenvalue weighted by molar-refractivity contribution is 5.94. The van der Waals surface area contributed by atoms with Crippen molar-refractivity contribution in [3.63, 3.8) is 0 Å². The molecule has 0 atom stereocenters. The number of methoxy groups -OCH3 is 2. The predicted molar refractivity (Wildman–Crippen MR) is 94.1 cm³/mol. The van der Waals surface area contributed by atoms with Gasteiger partial charge in [0, 0.05) is 31.8 Å². The minimum Gasteiger partial charge on any atom is -0.497 e. The van der Waals surface area contributed by atoms with Crippen molar-refractivity contribution in [3.05, 3.63) is 29.8 Å². The van der Waals surface area contributed by atoms with E-state index in [2.05, 4.69) is 0 Å². The minimum absolute atomic E-state index is 0.0557. The lowest BCUT2D eigenvalue weighted by molar-refractivity contribution is -0.136. The van der Waals surface area contributed by atoms with E-state index in [0.29, 0.717) is 24.6 Å². The first-order valence-electron chi connectivity index (χ1n) is 7.89. The number of carbonyl (C=O) groups is 2. The number of amides is 2. The van der Waals surface area contributed by atoms with Gasteiger partial charge < -0.3 is 19.3 Å². The normalized spacial score (nSPS) is 10.5. The van der Waals surface area contributed by atoms with Gasteiger partial charge in [0.05, 0.1) is 20.8 Å². The van der Waals surface area contributed by atoms with Gasteiger partial charge in [-0.2, -0.15) is 0 Å². The summed E-state index contributed by atoms with van der Waals surface area (Å²) < 4.78 is 10.4. The molecule has 0 aliphatic carbocycles. The Morgan fingerprint density at radius 2 is 1.79 bits per heavy atom. The summed E-state index contributed by atoms with van der Waals surface area (Å²) in [7, 11) is 4.75. The molecule has 0 radical (unpaired) electrons. The van der Waals surface area contributed by atoms with Gasteiger partial charge in [0.25, 0.3) is 0 Å². The van der Waals surface area contributed by atoms with Gasteiger partial charge in [-0.05, 0) is 38.1 Å². The average molecular weight is 334 g/mol. The Balaban J connectivity index is 2.79. The van der Waals surface area contributed by atoms with Crippen LogP contribution in [0.1, 0.15) is 19.4 Å². The number of hydrogen-bond acceptors (Lipinski definition) is 4. The van der Waals surface area contributed by atoms with Crippen molar-refractivity contribution in [2.24, 2.45) is 0 Å². The second kappa shape index (κ2) is 9.60. The van der Waals surface area contributed by atoms with Gasteiger partial charge in [0.2, 0.25) is 11.8 Å². The maximum absolute atomic E-state index is 12.2. The van der Waals surface area contributed by atoms with Gasteiger partial charge >= 0.3 is 0 Å². The van der Waals surface area contributed by atoms with Crippen LogP contribution >= 0.6 is 0 Å². The molecule has 0 aromatic heterocycles. The Morgan fingerprint density at radius 1 is 1.12 bits per heavy atom. The first kappa shape index (κ1) is 19.5. The molecule has 2 amide bonds. The number of rotatable bonds is 8. The Hall–Kier alpha value is -2.50. The predicted octanol–water partition coefficient (Wildman–Crippen LogP) is 2.04. The number of ether oxygens (including phenoxy) is 2. The fourth-order valence-electron chi connectivity index (χ4n) is 2.22. The molecule has 0 saturated heterocycles. The maximum Gasteiger partial charge on any atom is 0.246 e. The fourth-order valence-corrected chi connectivity index (χ4v) is 2.22. The Kier molecular flexibility index (Phi) is 7.82. The maximum atomic E-state index is 12.2. The van der Waals surface area contributed by atoms with Crippen LogP contribution in [-0.4, -0.2) is 62.5 Å². The van der Waals surface area contributed by atoms with E-state index in [9.17, 15) is 9.59 Å². The monoisotopic (exact) mass is 334 g/mol. The summed E-state index contributed by atoms with van der Waals surface area (Å²) in [6.07, 6.45) is 3.08. The zero-order chi connectivity index (χ0) is 18.1. The quantitative estimate of drug-likeness (QED) is 0.683. The van der Waals surface area contributed by atoms with Crippen molar-refractivity contribution in [1.82, 2.24) is 9.80 Å². The summed E-state index contributed by atoms with van der Waals surface area (Å²) in [6.45, 7) is 5.15. The van der Waals surface area contributed by atoms with Crippen molar-refractivity contribution in [2.75, 3.05) is 40.9 Å². The minimum atomic E-state index is -0.250. The molecule has 0 fully saturated rings. The molecule has 1 aromatic carbocycles. The van der Waals surface area contributed by atoms with E-state index < -0.39 is 0 Å². The zero-order valence-electron chi connectivity index (χ0n) is 15.0. The lowest BCUT2D eigenvalue weighted by atomic mass is 10.1. The molecular formula is C18H26N2O4. The molecular weight excluding hydrogens is 308 g/mol. The van der Waals surface area contributed by atoms with Crippen molar-refractivity contribution in [3.8, 4) is 11.5 Å². The van der Waals surface area contributed by atoms with E-state index in [4.69, 9.17) is 9.47 Å². The molecule has 6 nitrogen and oxygen atoms in total. The van der Waals surface area contributed by atoms with Crippen molar-refractivity contribution >= 4 is 17.9 Å². The average Bonchev–Trinajstić information content (AvgIpc) is 2.60. The van der Waals surface area contributed by atoms with Crippen LogP contribution in [0.25, 0.3) is 6.08 Å². The van der Waals surface area contributed by atoms with E-state index in [1.165, 1.54) is 11.0 Å². The van der Waals surface area contributed by atoms with Crippen LogP contribution in [0.5, 0.6) is 11.5 Å². The van der Waals surface area contributed by atoms with Gasteiger partial charge in [0.15, 0.2) is 0 Å². The lowest BCUT2D eigenvalue weighted by Crippen LogP contribution is -2.40. The van der Waals surface area contributed by atoms with Gasteiger partial charge in [-0.3, -0.25) is 9.59 Å². The number of hydrogen-bond donors (Lipinski definition) is 0. The molecule has 0 aliphatic heterocycles. The van der Waals surface area contributed by atoms with Crippen LogP contribution in [0.3, 0.4) is 0 Å². The van der Waals surface area contributed by atoms with Crippen molar-refractivity contribution in [1.29, 1.82) is 0 Å². The van der Waals surface area contributed by atoms with E-state index in [1.807, 2.05) is 13.8 Å². The molecule has 0 heterocycles. The van der Waals surface area contributed by atoms with Crippen LogP contribution in [0.15, 0.2) is 24.3 Å². The number of carbonyl (C=O) groups excluding carboxylic acids is 2. The highest BCUT2D eigenvalue weighted by Crippen LogP contribution is 2.25. The third-order valence-corrected chi connectivity index (χ3v) is 3.71. The van der Waals surface area contributed by atoms with Gasteiger partial charge in [-0.25, -0.2) is 0 Å². The Bertz CT molecular complexity index is 595. The molecule has 1 aromatic rings. The molecule has 0 bridgehead atoms. The summed E-state index contributed by atoms with van der Waals surface area (Å²) in [5.41, 5.74) is 0.730. The Labute approximate surface area is 143 Å². The number of benzene rings is 1. The molecule has 6 heteroatoms. The third-order valence-electron chi connectivity index (χ3n) is 3.71. The summed E-state index contributed by atoms with van der Waals surface area (Å²) in [6, 6.07) is 5.34. The SMILES string of the molecule is CCN(CC)C(=O)CN(C)C(=O)/C=C/c1cc(OC)ccc1OC. The Morgan fingerprint density at radius 3 is 2.33 bits per heavy atom. The molecule has 0 saturated carbocycles. The van der Waals surface area contributed by atoms with Crippen LogP contribution in [0, 0.1) is 0 Å². The molecule has 0 spiro atoms. The highest BCUT2D eigenvalue weighted by atomic mass is 16.5. The number of nitrogens with zero attached hydrogens (tertiary/aromatic N) is 2. The van der Waals surface area contributed by atoms with Gasteiger partial charge in [-0.15, -0.1) is 0 Å². The van der Waals surface area contributed by atoms with E-state index in [1.54, 1.807) is 50.4 Å². The smallest absolute Gasteiger partial charge is 0.246 e. The van der Waals surface area contributed by atoms with Crippen LogP contribution in [0.2, 0.25) is 0 Å². The zero-order valence-corrected chi connectivity index (χ0v) is 15.0. The van der Waals surface area contributed by atoms with Crippen molar-refractivity contribution in [2.45, 2.75) is 13.8 Å². The van der Waals surface area contributed by atoms with E-state index >= 15 is 0 Å². The lowest BCUT2D eigenvalue weighted by Gasteiger charge is -2.22. The first-order chi connectivity index (χ1) is 11.5. The summed E-state index contributed by atoms with van der Waals surface area (Å²) in [4.78, 5) is 27.3. The largest absolute Gasteiger partial charge is 0.497 e. The second-order valence-corrected chi connectivity index (χ2v) is 5.20. The molecule has 0 N–H and O–H groups in total. The standard InChI is InChI=1S/C18H26N2O4/c1-6-20(7-2)18(22)13-19(3)17(21)11-8-14-12-15(23-4)9-10-16(14)24-5/h8-12H,6-7,13H2,1-5H3/b11-8+. The first-order valence-corrected chi connectivity index (χ1v) is 7.89. The second-order valence-electron chi connectivity index (χ2n) is 5.20. The van der Waals surface area contributed by atoms with Crippen LogP contribution in [0.4, 0.5) is 0 Å². The van der Waals surface area contributed by atoms with Crippen LogP contribution in [-0.2, 0) is 9.59 Å². The fraction of sp³-hybridized carbons (Fsp3) is 0.444.